The highest BCUT2D eigenvalue weighted by atomic mass is 16.7. The number of rotatable bonds is 2. The number of carbonyl (C=O) groups excluding carboxylic acids is 1. The molecule has 0 aromatic heterocycles. The number of benzene rings is 1. The molecule has 3 heterocycles. The number of ether oxygens (including phenoxy) is 3. The summed E-state index contributed by atoms with van der Waals surface area (Å²) in [5, 5.41) is 20.7. The van der Waals surface area contributed by atoms with Gasteiger partial charge in [-0.1, -0.05) is 49.8 Å². The molecule has 0 unspecified atom stereocenters. The van der Waals surface area contributed by atoms with E-state index < -0.39 is 17.9 Å². The average Bonchev–Trinajstić information content (AvgIpc) is 2.91. The summed E-state index contributed by atoms with van der Waals surface area (Å²) < 4.78 is 19.7. The zero-order valence-corrected chi connectivity index (χ0v) is 24.9. The van der Waals surface area contributed by atoms with Gasteiger partial charge in [0.1, 0.15) is 11.9 Å². The van der Waals surface area contributed by atoms with E-state index in [1.807, 2.05) is 19.1 Å². The van der Waals surface area contributed by atoms with Crippen LogP contribution in [0.25, 0.3) is 5.57 Å². The highest BCUT2D eigenvalue weighted by molar-refractivity contribution is 5.96. The Balaban J connectivity index is 1.75. The molecule has 3 aliphatic rings. The second-order valence-corrected chi connectivity index (χ2v) is 12.1. The number of allylic oxidation sites excluding steroid dienone is 5. The zero-order valence-electron chi connectivity index (χ0n) is 24.9. The lowest BCUT2D eigenvalue weighted by Crippen LogP contribution is -2.54. The van der Waals surface area contributed by atoms with Crippen LogP contribution in [0.15, 0.2) is 53.7 Å². The van der Waals surface area contributed by atoms with Gasteiger partial charge in [0.25, 0.3) is 0 Å². The van der Waals surface area contributed by atoms with Gasteiger partial charge in [0, 0.05) is 19.3 Å². The summed E-state index contributed by atoms with van der Waals surface area (Å²) in [6.07, 6.45) is 14.0. The van der Waals surface area contributed by atoms with Crippen molar-refractivity contribution >= 4 is 11.5 Å². The van der Waals surface area contributed by atoms with E-state index in [0.29, 0.717) is 41.0 Å². The lowest BCUT2D eigenvalue weighted by molar-refractivity contribution is -0.328. The van der Waals surface area contributed by atoms with Crippen molar-refractivity contribution in [1.82, 2.24) is 0 Å². The Hall–Kier alpha value is -2.67. The lowest BCUT2D eigenvalue weighted by Gasteiger charge is -2.49. The van der Waals surface area contributed by atoms with Crippen LogP contribution in [-0.4, -0.2) is 46.9 Å². The minimum atomic E-state index is -0.817. The molecule has 2 saturated heterocycles. The van der Waals surface area contributed by atoms with Crippen LogP contribution in [-0.2, 0) is 14.2 Å². The molecule has 2 N–H and O–H groups in total. The normalized spacial score (nSPS) is 35.6. The minimum Gasteiger partial charge on any atom is -0.508 e. The van der Waals surface area contributed by atoms with Crippen molar-refractivity contribution in [3.05, 3.63) is 70.3 Å². The van der Waals surface area contributed by atoms with Gasteiger partial charge < -0.3 is 24.4 Å². The Morgan fingerprint density at radius 3 is 2.65 bits per heavy atom. The van der Waals surface area contributed by atoms with Crippen LogP contribution < -0.4 is 0 Å². The van der Waals surface area contributed by atoms with Crippen LogP contribution >= 0.6 is 0 Å². The number of esters is 1. The highest BCUT2D eigenvalue weighted by Gasteiger charge is 2.48. The Labute approximate surface area is 239 Å². The first-order valence-corrected chi connectivity index (χ1v) is 14.7. The van der Waals surface area contributed by atoms with Crippen LogP contribution in [0.1, 0.15) is 94.6 Å². The second kappa shape index (κ2) is 12.9. The van der Waals surface area contributed by atoms with Crippen LogP contribution in [0.4, 0.5) is 0 Å². The third-order valence-electron chi connectivity index (χ3n) is 8.65. The van der Waals surface area contributed by atoms with Crippen LogP contribution in [0.2, 0.25) is 0 Å². The molecule has 2 bridgehead atoms. The van der Waals surface area contributed by atoms with E-state index >= 15 is 0 Å². The summed E-state index contributed by atoms with van der Waals surface area (Å²) in [4.78, 5) is 13.7. The molecule has 6 atom stereocenters. The maximum absolute atomic E-state index is 13.7. The Kier molecular flexibility index (Phi) is 9.76. The van der Waals surface area contributed by atoms with Crippen LogP contribution in [0, 0.1) is 18.8 Å². The summed E-state index contributed by atoms with van der Waals surface area (Å²) in [5.41, 5.74) is 4.38. The van der Waals surface area contributed by atoms with Crippen molar-refractivity contribution in [2.75, 3.05) is 6.61 Å². The largest absolute Gasteiger partial charge is 0.508 e. The molecule has 4 rings (SSSR count). The first-order valence-electron chi connectivity index (χ1n) is 14.7. The van der Waals surface area contributed by atoms with E-state index in [0.717, 1.165) is 25.7 Å². The Morgan fingerprint density at radius 1 is 1.15 bits per heavy atom. The number of phenolic OH excluding ortho intramolecular Hbond substituents is 1. The predicted octanol–water partition coefficient (Wildman–Crippen LogP) is 7.19. The summed E-state index contributed by atoms with van der Waals surface area (Å²) in [6, 6.07) is 3.19. The van der Waals surface area contributed by atoms with Crippen LogP contribution in [0.3, 0.4) is 0 Å². The molecule has 6 heteroatoms. The molecule has 0 amide bonds. The van der Waals surface area contributed by atoms with E-state index in [4.69, 9.17) is 14.2 Å². The van der Waals surface area contributed by atoms with Crippen molar-refractivity contribution in [3.63, 3.8) is 0 Å². The predicted molar refractivity (Wildman–Crippen MR) is 158 cm³/mol. The fourth-order valence-electron chi connectivity index (χ4n) is 6.23. The molecular formula is C34H46O6. The summed E-state index contributed by atoms with van der Waals surface area (Å²) in [6.45, 7) is 12.1. The van der Waals surface area contributed by atoms with Crippen molar-refractivity contribution in [1.29, 1.82) is 0 Å². The van der Waals surface area contributed by atoms with Crippen molar-refractivity contribution in [2.24, 2.45) is 11.8 Å². The number of hydrogen-bond donors (Lipinski definition) is 2. The summed E-state index contributed by atoms with van der Waals surface area (Å²) in [5.74, 6) is -0.559. The summed E-state index contributed by atoms with van der Waals surface area (Å²) in [7, 11) is 0. The van der Waals surface area contributed by atoms with Gasteiger partial charge in [-0.2, -0.15) is 0 Å². The number of aliphatic hydroxyl groups excluding tert-OH is 1. The van der Waals surface area contributed by atoms with Gasteiger partial charge in [0.2, 0.25) is 0 Å². The number of fused-ring (bicyclic) bond motifs is 3. The van der Waals surface area contributed by atoms with Gasteiger partial charge in [-0.15, -0.1) is 0 Å². The van der Waals surface area contributed by atoms with Crippen molar-refractivity contribution in [3.8, 4) is 5.75 Å². The third kappa shape index (κ3) is 6.96. The van der Waals surface area contributed by atoms with E-state index in [1.54, 1.807) is 19.1 Å². The molecule has 1 spiro atoms. The zero-order chi connectivity index (χ0) is 29.0. The maximum atomic E-state index is 13.7. The van der Waals surface area contributed by atoms with Gasteiger partial charge in [-0.25, -0.2) is 4.79 Å². The molecule has 1 aromatic rings. The quantitative estimate of drug-likeness (QED) is 0.299. The summed E-state index contributed by atoms with van der Waals surface area (Å²) >= 11 is 0. The topological polar surface area (TPSA) is 85.2 Å². The third-order valence-corrected chi connectivity index (χ3v) is 8.65. The molecule has 3 aliphatic heterocycles. The average molecular weight is 551 g/mol. The molecule has 40 heavy (non-hydrogen) atoms. The van der Waals surface area contributed by atoms with Gasteiger partial charge in [0.15, 0.2) is 5.79 Å². The smallest absolute Gasteiger partial charge is 0.339 e. The van der Waals surface area contributed by atoms with Gasteiger partial charge >= 0.3 is 5.97 Å². The highest BCUT2D eigenvalue weighted by Crippen LogP contribution is 2.44. The molecule has 0 radical (unpaired) electrons. The maximum Gasteiger partial charge on any atom is 0.339 e. The monoisotopic (exact) mass is 550 g/mol. The Bertz CT molecular complexity index is 1210. The number of hydrogen-bond acceptors (Lipinski definition) is 6. The van der Waals surface area contributed by atoms with Crippen molar-refractivity contribution < 1.29 is 29.2 Å². The SMILES string of the molecule is C/C=C(\C)[C@H]1O[C@]2(CC[C@@H]1C)C[C@@H]1C[C@@H](C/C=C(\C)C[C@@H](C)/C=C/C=C(\CO)c3cc(O)c(C)cc3C(=O)O1)O2. The minimum absolute atomic E-state index is 0.0415. The van der Waals surface area contributed by atoms with Gasteiger partial charge in [-0.3, -0.25) is 0 Å². The molecule has 0 aliphatic carbocycles. The molecule has 2 fully saturated rings. The van der Waals surface area contributed by atoms with E-state index in [2.05, 4.69) is 45.9 Å². The Morgan fingerprint density at radius 2 is 1.93 bits per heavy atom. The molecule has 0 saturated carbocycles. The number of phenols is 1. The van der Waals surface area contributed by atoms with Gasteiger partial charge in [0.05, 0.1) is 24.4 Å². The van der Waals surface area contributed by atoms with E-state index in [9.17, 15) is 15.0 Å². The van der Waals surface area contributed by atoms with Gasteiger partial charge in [-0.05, 0) is 93.2 Å². The fourth-order valence-corrected chi connectivity index (χ4v) is 6.23. The first kappa shape index (κ1) is 30.3. The lowest BCUT2D eigenvalue weighted by atomic mass is 9.84. The molecule has 218 valence electrons. The number of aryl methyl sites for hydroxylation is 1. The fraction of sp³-hybridized carbons (Fsp3) is 0.559. The second-order valence-electron chi connectivity index (χ2n) is 12.1. The molecular weight excluding hydrogens is 504 g/mol. The number of carbonyl (C=O) groups is 1. The van der Waals surface area contributed by atoms with E-state index in [-0.39, 0.29) is 30.5 Å². The molecule has 6 nitrogen and oxygen atoms in total. The van der Waals surface area contributed by atoms with E-state index in [1.165, 1.54) is 11.1 Å². The molecule has 1 aromatic carbocycles. The standard InChI is InChI=1S/C34H46O6/c1-7-23(4)32-24(5)13-14-34(40-32)19-28-17-27(39-34)12-11-22(3)15-21(2)9-8-10-26(20-35)29-18-31(36)25(6)16-30(29)33(37)38-28/h7-11,16,18,21,24,27-28,32,35-36H,12-15,17,19-20H2,1-6H3/b9-8+,22-11+,23-7+,26-10+/t21-,24-,27+,28-,32+,34+/m0/s1. The van der Waals surface area contributed by atoms with Crippen molar-refractivity contribution in [2.45, 2.75) is 104 Å². The van der Waals surface area contributed by atoms with Crippen LogP contribution in [0.5, 0.6) is 5.75 Å². The first-order chi connectivity index (χ1) is 19.0. The number of aliphatic hydroxyl groups is 1. The number of aromatic hydroxyl groups is 1.